The lowest BCUT2D eigenvalue weighted by molar-refractivity contribution is -0.138. The molecular formula is C33H36F4N3O6P. The number of anilines is 2. The minimum absolute atomic E-state index is 0.110. The van der Waals surface area contributed by atoms with Gasteiger partial charge in [-0.3, -0.25) is 14.1 Å². The summed E-state index contributed by atoms with van der Waals surface area (Å²) in [4.78, 5) is 47.1. The van der Waals surface area contributed by atoms with Crippen LogP contribution in [-0.4, -0.2) is 39.1 Å². The second-order valence-electron chi connectivity index (χ2n) is 12.0. The molecule has 3 aromatic carbocycles. The quantitative estimate of drug-likeness (QED) is 0.138. The highest BCUT2D eigenvalue weighted by Crippen LogP contribution is 2.42. The number of piperidine rings is 1. The van der Waals surface area contributed by atoms with Crippen molar-refractivity contribution in [2.45, 2.75) is 70.3 Å². The fourth-order valence-corrected chi connectivity index (χ4v) is 6.78. The molecule has 0 spiro atoms. The first-order chi connectivity index (χ1) is 22.2. The van der Waals surface area contributed by atoms with Gasteiger partial charge in [-0.25, -0.2) is 8.96 Å². The van der Waals surface area contributed by atoms with Gasteiger partial charge >= 0.3 is 14.0 Å². The van der Waals surface area contributed by atoms with E-state index in [1.807, 2.05) is 12.1 Å². The van der Waals surface area contributed by atoms with Crippen LogP contribution in [0.15, 0.2) is 60.7 Å². The molecule has 5 rings (SSSR count). The van der Waals surface area contributed by atoms with Crippen LogP contribution in [0, 0.1) is 18.7 Å². The van der Waals surface area contributed by atoms with E-state index in [-0.39, 0.29) is 17.8 Å². The number of nitrogens with zero attached hydrogens (tertiary/aromatic N) is 1. The van der Waals surface area contributed by atoms with Crippen molar-refractivity contribution in [3.8, 4) is 0 Å². The summed E-state index contributed by atoms with van der Waals surface area (Å²) in [5.41, 5.74) is -0.155. The number of aryl methyl sites for hydroxylation is 1. The Balaban J connectivity index is 1.46. The maximum atomic E-state index is 15.0. The van der Waals surface area contributed by atoms with Gasteiger partial charge in [-0.05, 0) is 79.6 Å². The van der Waals surface area contributed by atoms with Crippen LogP contribution in [-0.2, 0) is 26.7 Å². The topological polar surface area (TPSA) is 128 Å². The summed E-state index contributed by atoms with van der Waals surface area (Å²) < 4.78 is 72.1. The fourth-order valence-electron chi connectivity index (χ4n) is 6.47. The van der Waals surface area contributed by atoms with Gasteiger partial charge in [-0.2, -0.15) is 13.2 Å². The Hall–Kier alpha value is -3.77. The molecule has 2 amide bonds. The highest BCUT2D eigenvalue weighted by molar-refractivity contribution is 7.46. The third-order valence-electron chi connectivity index (χ3n) is 8.71. The van der Waals surface area contributed by atoms with Gasteiger partial charge in [-0.15, -0.1) is 0 Å². The Morgan fingerprint density at radius 1 is 0.979 bits per heavy atom. The van der Waals surface area contributed by atoms with E-state index in [4.69, 9.17) is 9.79 Å². The molecule has 1 saturated heterocycles. The number of alkyl halides is 3. The molecule has 0 unspecified atom stereocenters. The van der Waals surface area contributed by atoms with Crippen molar-refractivity contribution in [1.29, 1.82) is 0 Å². The monoisotopic (exact) mass is 677 g/mol. The summed E-state index contributed by atoms with van der Waals surface area (Å²) in [6, 6.07) is 14.0. The lowest BCUT2D eigenvalue weighted by Gasteiger charge is -2.41. The van der Waals surface area contributed by atoms with E-state index in [9.17, 15) is 31.7 Å². The van der Waals surface area contributed by atoms with Crippen LogP contribution in [0.5, 0.6) is 0 Å². The molecule has 0 bridgehead atoms. The average molecular weight is 678 g/mol. The third-order valence-corrected chi connectivity index (χ3v) is 9.18. The molecule has 9 nitrogen and oxygen atoms in total. The first-order valence-corrected chi connectivity index (χ1v) is 16.9. The van der Waals surface area contributed by atoms with E-state index < -0.39 is 61.3 Å². The summed E-state index contributed by atoms with van der Waals surface area (Å²) in [5.74, 6) is -2.83. The van der Waals surface area contributed by atoms with Gasteiger partial charge < -0.3 is 25.3 Å². The SMILES string of the molecule is Cc1cccc(F)c1C(=O)N1CCC[C@H](C(=O)Nc2ccc(COP(=O)(O)O)c(C(F)(F)F)c2)[C@@H]1c1ccc(NC2CCCC2)cc1. The lowest BCUT2D eigenvalue weighted by Crippen LogP contribution is -2.46. The zero-order chi connectivity index (χ0) is 33.9. The van der Waals surface area contributed by atoms with Crippen LogP contribution in [0.2, 0.25) is 0 Å². The Labute approximate surface area is 269 Å². The average Bonchev–Trinajstić information content (AvgIpc) is 3.52. The zero-order valence-electron chi connectivity index (χ0n) is 25.6. The van der Waals surface area contributed by atoms with Crippen LogP contribution >= 0.6 is 7.82 Å². The maximum Gasteiger partial charge on any atom is 0.469 e. The smallest absolute Gasteiger partial charge is 0.382 e. The van der Waals surface area contributed by atoms with Gasteiger partial charge in [0.05, 0.1) is 29.7 Å². The molecule has 0 aromatic heterocycles. The number of rotatable bonds is 9. The number of nitrogens with one attached hydrogen (secondary N) is 2. The fraction of sp³-hybridized carbons (Fsp3) is 0.394. The summed E-state index contributed by atoms with van der Waals surface area (Å²) in [6.45, 7) is 0.849. The molecule has 1 aliphatic heterocycles. The molecule has 252 valence electrons. The number of benzene rings is 3. The Morgan fingerprint density at radius 3 is 2.30 bits per heavy atom. The van der Waals surface area contributed by atoms with Gasteiger partial charge in [0.2, 0.25) is 5.91 Å². The molecule has 1 aliphatic carbocycles. The molecule has 4 N–H and O–H groups in total. The molecule has 14 heteroatoms. The van der Waals surface area contributed by atoms with Gasteiger partial charge in [0.25, 0.3) is 5.91 Å². The molecule has 2 atom stereocenters. The van der Waals surface area contributed by atoms with Crippen LogP contribution in [0.25, 0.3) is 0 Å². The van der Waals surface area contributed by atoms with Crippen molar-refractivity contribution in [2.75, 3.05) is 17.2 Å². The molecule has 47 heavy (non-hydrogen) atoms. The first-order valence-electron chi connectivity index (χ1n) is 15.3. The molecule has 3 aromatic rings. The normalized spacial score (nSPS) is 19.1. The van der Waals surface area contributed by atoms with Crippen LogP contribution in [0.1, 0.15) is 77.2 Å². The van der Waals surface area contributed by atoms with Crippen molar-refractivity contribution >= 4 is 31.0 Å². The lowest BCUT2D eigenvalue weighted by atomic mass is 9.83. The third kappa shape index (κ3) is 8.39. The number of hydrogen-bond donors (Lipinski definition) is 4. The number of carbonyl (C=O) groups excluding carboxylic acids is 2. The van der Waals surface area contributed by atoms with E-state index in [1.54, 1.807) is 25.1 Å². The van der Waals surface area contributed by atoms with Crippen molar-refractivity contribution in [1.82, 2.24) is 4.90 Å². The maximum absolute atomic E-state index is 15.0. The molecule has 1 heterocycles. The number of likely N-dealkylation sites (tertiary alicyclic amines) is 1. The highest BCUT2D eigenvalue weighted by atomic mass is 31.2. The molecular weight excluding hydrogens is 641 g/mol. The van der Waals surface area contributed by atoms with Crippen molar-refractivity contribution < 1.29 is 46.0 Å². The van der Waals surface area contributed by atoms with E-state index in [1.165, 1.54) is 23.1 Å². The largest absolute Gasteiger partial charge is 0.469 e. The molecule has 0 radical (unpaired) electrons. The Morgan fingerprint density at radius 2 is 1.66 bits per heavy atom. The number of hydrogen-bond acceptors (Lipinski definition) is 5. The number of phosphoric ester groups is 1. The molecule has 2 aliphatic rings. The summed E-state index contributed by atoms with van der Waals surface area (Å²) in [5, 5.41) is 6.05. The minimum Gasteiger partial charge on any atom is -0.382 e. The van der Waals surface area contributed by atoms with Crippen molar-refractivity contribution in [3.63, 3.8) is 0 Å². The number of amides is 2. The van der Waals surface area contributed by atoms with Crippen LogP contribution < -0.4 is 10.6 Å². The zero-order valence-corrected chi connectivity index (χ0v) is 26.5. The van der Waals surface area contributed by atoms with Gasteiger partial charge in [-0.1, -0.05) is 43.2 Å². The Bertz CT molecular complexity index is 1640. The van der Waals surface area contributed by atoms with Gasteiger partial charge in [0.15, 0.2) is 0 Å². The summed E-state index contributed by atoms with van der Waals surface area (Å²) in [6.07, 6.45) is 0.192. The first kappa shape index (κ1) is 34.6. The van der Waals surface area contributed by atoms with Gasteiger partial charge in [0.1, 0.15) is 5.82 Å². The molecule has 2 fully saturated rings. The predicted octanol–water partition coefficient (Wildman–Crippen LogP) is 7.35. The van der Waals surface area contributed by atoms with Crippen LogP contribution in [0.4, 0.5) is 28.9 Å². The Kier molecular flexibility index (Phi) is 10.4. The summed E-state index contributed by atoms with van der Waals surface area (Å²) >= 11 is 0. The van der Waals surface area contributed by atoms with E-state index in [0.717, 1.165) is 37.4 Å². The predicted molar refractivity (Wildman–Crippen MR) is 167 cm³/mol. The van der Waals surface area contributed by atoms with E-state index in [0.29, 0.717) is 36.1 Å². The second kappa shape index (κ2) is 14.1. The minimum atomic E-state index is -5.04. The van der Waals surface area contributed by atoms with Crippen LogP contribution in [0.3, 0.4) is 0 Å². The summed E-state index contributed by atoms with van der Waals surface area (Å²) in [7, 11) is -5.04. The second-order valence-corrected chi connectivity index (χ2v) is 13.2. The van der Waals surface area contributed by atoms with E-state index >= 15 is 0 Å². The number of carbonyl (C=O) groups is 2. The number of phosphoric acid groups is 1. The van der Waals surface area contributed by atoms with Crippen molar-refractivity contribution in [2.24, 2.45) is 5.92 Å². The highest BCUT2D eigenvalue weighted by Gasteiger charge is 2.41. The van der Waals surface area contributed by atoms with Crippen molar-refractivity contribution in [3.05, 3.63) is 94.3 Å². The molecule has 1 saturated carbocycles. The van der Waals surface area contributed by atoms with E-state index in [2.05, 4.69) is 15.2 Å². The standard InChI is InChI=1S/C33H36F4N3O6P/c1-20-6-4-10-28(34)29(20)32(42)40-17-5-9-26(30(40)21-11-14-24(15-12-21)38-23-7-2-3-8-23)31(41)39-25-16-13-22(19-46-47(43,44)45)27(18-25)33(35,36)37/h4,6,10-16,18,23,26,30,38H,2-3,5,7-9,17,19H2,1H3,(H,39,41)(H2,43,44,45)/t26-,30-/m0/s1. The number of halogens is 4. The van der Waals surface area contributed by atoms with Gasteiger partial charge in [0, 0.05) is 24.0 Å².